The van der Waals surface area contributed by atoms with Gasteiger partial charge in [0.15, 0.2) is 9.84 Å². The average Bonchev–Trinajstić information content (AvgIpc) is 2.94. The lowest BCUT2D eigenvalue weighted by atomic mass is 10.0. The van der Waals surface area contributed by atoms with Crippen molar-refractivity contribution in [2.75, 3.05) is 11.5 Å². The zero-order chi connectivity index (χ0) is 15.6. The molecule has 0 aromatic carbocycles. The van der Waals surface area contributed by atoms with E-state index in [0.29, 0.717) is 12.3 Å². The summed E-state index contributed by atoms with van der Waals surface area (Å²) in [5.41, 5.74) is 0. The van der Waals surface area contributed by atoms with E-state index in [9.17, 15) is 18.3 Å². The van der Waals surface area contributed by atoms with Gasteiger partial charge < -0.3 is 15.0 Å². The van der Waals surface area contributed by atoms with Crippen LogP contribution in [0.3, 0.4) is 0 Å². The molecule has 2 rings (SSSR count). The van der Waals surface area contributed by atoms with E-state index >= 15 is 0 Å². The number of carbonyl (C=O) groups is 1. The predicted molar refractivity (Wildman–Crippen MR) is 79.5 cm³/mol. The van der Waals surface area contributed by atoms with E-state index < -0.39 is 28.0 Å². The molecular formula is C14H22N2O4S. The molecule has 1 aliphatic heterocycles. The van der Waals surface area contributed by atoms with Crippen molar-refractivity contribution in [3.8, 4) is 0 Å². The summed E-state index contributed by atoms with van der Waals surface area (Å²) in [5, 5.41) is 12.5. The topological polar surface area (TPSA) is 88.4 Å². The minimum absolute atomic E-state index is 0.194. The molecule has 3 atom stereocenters. The molecule has 1 aliphatic rings. The van der Waals surface area contributed by atoms with Crippen molar-refractivity contribution in [2.45, 2.75) is 38.5 Å². The maximum Gasteiger partial charge on any atom is 0.243 e. The van der Waals surface area contributed by atoms with Gasteiger partial charge in [0.2, 0.25) is 5.91 Å². The summed E-state index contributed by atoms with van der Waals surface area (Å²) in [6, 6.07) is 2.58. The molecule has 1 fully saturated rings. The van der Waals surface area contributed by atoms with Crippen LogP contribution in [-0.4, -0.2) is 47.7 Å². The third kappa shape index (κ3) is 4.07. The molecule has 6 nitrogen and oxygen atoms in total. The molecule has 0 saturated carbocycles. The van der Waals surface area contributed by atoms with Crippen molar-refractivity contribution >= 4 is 15.7 Å². The highest BCUT2D eigenvalue weighted by Crippen LogP contribution is 2.20. The maximum absolute atomic E-state index is 12.5. The van der Waals surface area contributed by atoms with Crippen LogP contribution in [0.2, 0.25) is 0 Å². The Bertz CT molecular complexity index is 580. The standard InChI is InChI=1S/C14H22N2O4S/c1-10(2)7-12(16-5-3-4-6-16)14(18)15-11-8-21(19,20)9-13(11)17/h3-6,10-13,17H,7-9H2,1-2H3,(H,15,18)/t11?,12-,13?/m0/s1. The summed E-state index contributed by atoms with van der Waals surface area (Å²) >= 11 is 0. The summed E-state index contributed by atoms with van der Waals surface area (Å²) in [4.78, 5) is 12.5. The second-order valence-corrected chi connectivity index (χ2v) is 8.19. The Balaban J connectivity index is 2.09. The van der Waals surface area contributed by atoms with Gasteiger partial charge in [-0.15, -0.1) is 0 Å². The van der Waals surface area contributed by atoms with Gasteiger partial charge in [-0.3, -0.25) is 4.79 Å². The molecule has 0 spiro atoms. The Kier molecular flexibility index (Phi) is 4.73. The van der Waals surface area contributed by atoms with Crippen molar-refractivity contribution in [2.24, 2.45) is 5.92 Å². The fourth-order valence-electron chi connectivity index (χ4n) is 2.61. The number of hydrogen-bond donors (Lipinski definition) is 2. The quantitative estimate of drug-likeness (QED) is 0.821. The number of sulfone groups is 1. The molecule has 0 radical (unpaired) electrons. The molecule has 1 aromatic heterocycles. The summed E-state index contributed by atoms with van der Waals surface area (Å²) < 4.78 is 24.8. The van der Waals surface area contributed by atoms with Crippen LogP contribution < -0.4 is 5.32 Å². The van der Waals surface area contributed by atoms with Crippen LogP contribution in [0.1, 0.15) is 26.3 Å². The molecule has 0 bridgehead atoms. The average molecular weight is 314 g/mol. The van der Waals surface area contributed by atoms with Crippen molar-refractivity contribution in [3.05, 3.63) is 24.5 Å². The first kappa shape index (κ1) is 16.0. The van der Waals surface area contributed by atoms with Crippen molar-refractivity contribution in [1.82, 2.24) is 9.88 Å². The third-order valence-corrected chi connectivity index (χ3v) is 5.35. The first-order valence-electron chi connectivity index (χ1n) is 7.10. The molecule has 1 amide bonds. The molecule has 2 N–H and O–H groups in total. The smallest absolute Gasteiger partial charge is 0.243 e. The first-order valence-corrected chi connectivity index (χ1v) is 8.92. The van der Waals surface area contributed by atoms with E-state index in [1.165, 1.54) is 0 Å². The number of aromatic nitrogens is 1. The Morgan fingerprint density at radius 2 is 1.95 bits per heavy atom. The van der Waals surface area contributed by atoms with E-state index in [1.807, 2.05) is 42.9 Å². The number of aliphatic hydroxyl groups is 1. The van der Waals surface area contributed by atoms with Gasteiger partial charge in [0.1, 0.15) is 6.04 Å². The molecule has 1 aromatic rings. The molecule has 2 unspecified atom stereocenters. The van der Waals surface area contributed by atoms with Crippen LogP contribution in [-0.2, 0) is 14.6 Å². The number of rotatable bonds is 5. The van der Waals surface area contributed by atoms with Gasteiger partial charge in [-0.25, -0.2) is 8.42 Å². The SMILES string of the molecule is CC(C)C[C@@H](C(=O)NC1CS(=O)(=O)CC1O)n1cccc1. The van der Waals surface area contributed by atoms with Crippen LogP contribution in [0.25, 0.3) is 0 Å². The highest BCUT2D eigenvalue weighted by Gasteiger charge is 2.38. The van der Waals surface area contributed by atoms with Gasteiger partial charge in [-0.05, 0) is 24.5 Å². The van der Waals surface area contributed by atoms with E-state index in [2.05, 4.69) is 5.32 Å². The molecular weight excluding hydrogens is 292 g/mol. The molecule has 21 heavy (non-hydrogen) atoms. The molecule has 118 valence electrons. The van der Waals surface area contributed by atoms with Crippen LogP contribution >= 0.6 is 0 Å². The van der Waals surface area contributed by atoms with Gasteiger partial charge in [0.25, 0.3) is 0 Å². The summed E-state index contributed by atoms with van der Waals surface area (Å²) in [6.07, 6.45) is 3.25. The lowest BCUT2D eigenvalue weighted by molar-refractivity contribution is -0.126. The monoisotopic (exact) mass is 314 g/mol. The number of hydrogen-bond acceptors (Lipinski definition) is 4. The second kappa shape index (κ2) is 6.19. The third-order valence-electron chi connectivity index (χ3n) is 3.64. The maximum atomic E-state index is 12.5. The Morgan fingerprint density at radius 1 is 1.33 bits per heavy atom. The minimum atomic E-state index is -3.26. The summed E-state index contributed by atoms with van der Waals surface area (Å²) in [5.74, 6) is -0.405. The van der Waals surface area contributed by atoms with Crippen LogP contribution in [0.5, 0.6) is 0 Å². The fraction of sp³-hybridized carbons (Fsp3) is 0.643. The number of carbonyl (C=O) groups excluding carboxylic acids is 1. The molecule has 1 saturated heterocycles. The highest BCUT2D eigenvalue weighted by atomic mass is 32.2. The predicted octanol–water partition coefficient (Wildman–Crippen LogP) is 0.349. The van der Waals surface area contributed by atoms with Gasteiger partial charge in [-0.2, -0.15) is 0 Å². The van der Waals surface area contributed by atoms with Crippen LogP contribution in [0.4, 0.5) is 0 Å². The zero-order valence-corrected chi connectivity index (χ0v) is 13.1. The number of nitrogens with one attached hydrogen (secondary N) is 1. The van der Waals surface area contributed by atoms with Crippen molar-refractivity contribution in [3.63, 3.8) is 0 Å². The number of nitrogens with zero attached hydrogens (tertiary/aromatic N) is 1. The highest BCUT2D eigenvalue weighted by molar-refractivity contribution is 7.91. The lowest BCUT2D eigenvalue weighted by Crippen LogP contribution is -2.45. The van der Waals surface area contributed by atoms with Crippen LogP contribution in [0.15, 0.2) is 24.5 Å². The van der Waals surface area contributed by atoms with E-state index in [-0.39, 0.29) is 17.4 Å². The first-order chi connectivity index (χ1) is 9.78. The summed E-state index contributed by atoms with van der Waals surface area (Å²) in [7, 11) is -3.26. The van der Waals surface area contributed by atoms with E-state index in [4.69, 9.17) is 0 Å². The van der Waals surface area contributed by atoms with E-state index in [1.54, 1.807) is 0 Å². The van der Waals surface area contributed by atoms with Gasteiger partial charge in [-0.1, -0.05) is 13.8 Å². The number of aliphatic hydroxyl groups excluding tert-OH is 1. The zero-order valence-electron chi connectivity index (χ0n) is 12.3. The number of amides is 1. The summed E-state index contributed by atoms with van der Waals surface area (Å²) in [6.45, 7) is 4.05. The largest absolute Gasteiger partial charge is 0.390 e. The van der Waals surface area contributed by atoms with Gasteiger partial charge in [0.05, 0.1) is 23.7 Å². The molecule has 0 aliphatic carbocycles. The molecule has 7 heteroatoms. The van der Waals surface area contributed by atoms with E-state index in [0.717, 1.165) is 0 Å². The van der Waals surface area contributed by atoms with Gasteiger partial charge in [0, 0.05) is 12.4 Å². The minimum Gasteiger partial charge on any atom is -0.390 e. The second-order valence-electron chi connectivity index (χ2n) is 6.03. The fourth-order valence-corrected chi connectivity index (χ4v) is 4.35. The van der Waals surface area contributed by atoms with Crippen LogP contribution in [0, 0.1) is 5.92 Å². The Hall–Kier alpha value is -1.34. The van der Waals surface area contributed by atoms with Crippen molar-refractivity contribution < 1.29 is 18.3 Å². The Morgan fingerprint density at radius 3 is 2.43 bits per heavy atom. The lowest BCUT2D eigenvalue weighted by Gasteiger charge is -2.23. The normalized spacial score (nSPS) is 25.9. The van der Waals surface area contributed by atoms with Crippen molar-refractivity contribution in [1.29, 1.82) is 0 Å². The Labute approximate surface area is 125 Å². The molecule has 2 heterocycles. The van der Waals surface area contributed by atoms with Gasteiger partial charge >= 0.3 is 0 Å².